The molecule has 8 nitrogen and oxygen atoms in total. The molecule has 5 rings (SSSR count). The van der Waals surface area contributed by atoms with E-state index in [1.807, 2.05) is 13.8 Å². The highest BCUT2D eigenvalue weighted by Gasteiger charge is 2.79. The van der Waals surface area contributed by atoms with Crippen LogP contribution >= 0.6 is 0 Å². The van der Waals surface area contributed by atoms with Gasteiger partial charge in [-0.3, -0.25) is 14.4 Å². The van der Waals surface area contributed by atoms with Crippen molar-refractivity contribution in [3.63, 3.8) is 0 Å². The van der Waals surface area contributed by atoms with E-state index < -0.39 is 76.7 Å². The van der Waals surface area contributed by atoms with E-state index >= 15 is 4.39 Å². The van der Waals surface area contributed by atoms with Crippen LogP contribution in [0.1, 0.15) is 66.2 Å². The van der Waals surface area contributed by atoms with E-state index in [0.717, 1.165) is 12.8 Å². The number of rotatable bonds is 7. The molecule has 5 aliphatic rings. The van der Waals surface area contributed by atoms with E-state index in [1.165, 1.54) is 12.2 Å². The topological polar surface area (TPSA) is 119 Å². The highest BCUT2D eigenvalue weighted by Crippen LogP contribution is 2.71. The molecule has 0 aromatic carbocycles. The van der Waals surface area contributed by atoms with E-state index in [1.54, 1.807) is 19.9 Å². The Balaban J connectivity index is 1.49. The summed E-state index contributed by atoms with van der Waals surface area (Å²) < 4.78 is 35.3. The van der Waals surface area contributed by atoms with Crippen LogP contribution < -0.4 is 0 Å². The standard InChI is InChI=1S/C29H39FO8/c1-5-6-11-36-24(35)16(2)25-37-23-13-20-19-8-7-17-12-18(32)9-10-26(17,3)28(19,30)21(33)14-27(20,4)29(23,38-25)22(34)15-31/h9-10,12,16,19-21,23,25,31,33H,5-8,11,13-15H2,1-4H3/t16?,19-,20-,21-,23?,25?,26-,27-,28-,29+/m0/s1. The van der Waals surface area contributed by atoms with Crippen molar-refractivity contribution in [1.29, 1.82) is 0 Å². The zero-order chi connectivity index (χ0) is 27.7. The largest absolute Gasteiger partial charge is 0.465 e. The van der Waals surface area contributed by atoms with Gasteiger partial charge in [0.1, 0.15) is 12.5 Å². The molecule has 3 unspecified atom stereocenters. The second-order valence-corrected chi connectivity index (χ2v) is 12.2. The molecule has 4 fully saturated rings. The van der Waals surface area contributed by atoms with Gasteiger partial charge in [-0.05, 0) is 64.0 Å². The average Bonchev–Trinajstić information content (AvgIpc) is 3.38. The molecule has 0 amide bonds. The summed E-state index contributed by atoms with van der Waals surface area (Å²) in [5.74, 6) is -3.12. The van der Waals surface area contributed by atoms with Crippen molar-refractivity contribution >= 4 is 17.5 Å². The molecule has 0 radical (unpaired) electrons. The van der Waals surface area contributed by atoms with Crippen LogP contribution in [0.15, 0.2) is 23.8 Å². The number of aliphatic hydroxyl groups excluding tert-OH is 2. The van der Waals surface area contributed by atoms with Gasteiger partial charge in [-0.15, -0.1) is 0 Å². The van der Waals surface area contributed by atoms with E-state index in [0.29, 0.717) is 18.4 Å². The number of ketones is 2. The lowest BCUT2D eigenvalue weighted by molar-refractivity contribution is -0.235. The number of Topliss-reactive ketones (excluding diaryl/α,β-unsaturated/α-hetero) is 1. The molecule has 1 aliphatic heterocycles. The summed E-state index contributed by atoms with van der Waals surface area (Å²) in [6, 6.07) is 0. The molecular formula is C29H39FO8. The number of carbonyl (C=O) groups is 3. The van der Waals surface area contributed by atoms with Gasteiger partial charge in [-0.25, -0.2) is 4.39 Å². The Morgan fingerprint density at radius 3 is 2.71 bits per heavy atom. The highest BCUT2D eigenvalue weighted by molar-refractivity contribution is 6.01. The molecule has 210 valence electrons. The van der Waals surface area contributed by atoms with Crippen LogP contribution in [0.25, 0.3) is 0 Å². The molecule has 4 aliphatic carbocycles. The minimum atomic E-state index is -2.06. The van der Waals surface area contributed by atoms with Gasteiger partial charge >= 0.3 is 5.97 Å². The van der Waals surface area contributed by atoms with E-state index in [9.17, 15) is 24.6 Å². The third-order valence-electron chi connectivity index (χ3n) is 10.5. The van der Waals surface area contributed by atoms with Crippen molar-refractivity contribution < 1.29 is 43.2 Å². The smallest absolute Gasteiger partial charge is 0.313 e. The lowest BCUT2D eigenvalue weighted by atomic mass is 9.44. The Hall–Kier alpha value is -1.94. The predicted molar refractivity (Wildman–Crippen MR) is 133 cm³/mol. The quantitative estimate of drug-likeness (QED) is 0.378. The van der Waals surface area contributed by atoms with Crippen LogP contribution in [0, 0.1) is 28.6 Å². The summed E-state index contributed by atoms with van der Waals surface area (Å²) in [6.45, 7) is 6.63. The van der Waals surface area contributed by atoms with Crippen LogP contribution in [-0.4, -0.2) is 70.7 Å². The number of aliphatic hydroxyl groups is 2. The fourth-order valence-electron chi connectivity index (χ4n) is 8.38. The summed E-state index contributed by atoms with van der Waals surface area (Å²) in [4.78, 5) is 38.2. The normalized spacial score (nSPS) is 45.9. The van der Waals surface area contributed by atoms with Gasteiger partial charge in [0.15, 0.2) is 29.1 Å². The first-order valence-electron chi connectivity index (χ1n) is 13.9. The van der Waals surface area contributed by atoms with Crippen molar-refractivity contribution in [2.45, 2.75) is 96.0 Å². The third-order valence-corrected chi connectivity index (χ3v) is 10.5. The van der Waals surface area contributed by atoms with Crippen molar-refractivity contribution in [3.8, 4) is 0 Å². The number of unbranched alkanes of at least 4 members (excludes halogenated alkanes) is 1. The molecule has 9 heteroatoms. The van der Waals surface area contributed by atoms with Crippen molar-refractivity contribution in [1.82, 2.24) is 0 Å². The summed E-state index contributed by atoms with van der Waals surface area (Å²) in [7, 11) is 0. The van der Waals surface area contributed by atoms with Crippen LogP contribution in [0.4, 0.5) is 4.39 Å². The molecule has 38 heavy (non-hydrogen) atoms. The Morgan fingerprint density at radius 1 is 1.29 bits per heavy atom. The summed E-state index contributed by atoms with van der Waals surface area (Å²) in [5.41, 5.74) is -5.22. The van der Waals surface area contributed by atoms with E-state index in [4.69, 9.17) is 14.2 Å². The fraction of sp³-hybridized carbons (Fsp3) is 0.759. The fourth-order valence-corrected chi connectivity index (χ4v) is 8.38. The number of halogens is 1. The van der Waals surface area contributed by atoms with Gasteiger partial charge in [-0.1, -0.05) is 31.9 Å². The lowest BCUT2D eigenvalue weighted by Gasteiger charge is -2.62. The van der Waals surface area contributed by atoms with Gasteiger partial charge in [-0.2, -0.15) is 0 Å². The van der Waals surface area contributed by atoms with Crippen molar-refractivity contribution in [3.05, 3.63) is 23.8 Å². The van der Waals surface area contributed by atoms with Crippen LogP contribution in [0.5, 0.6) is 0 Å². The monoisotopic (exact) mass is 534 g/mol. The number of fused-ring (bicyclic) bond motifs is 7. The third kappa shape index (κ3) is 3.44. The predicted octanol–water partition coefficient (Wildman–Crippen LogP) is 2.99. The summed E-state index contributed by atoms with van der Waals surface area (Å²) in [5, 5.41) is 21.6. The zero-order valence-electron chi connectivity index (χ0n) is 22.6. The molecule has 0 aromatic heterocycles. The Morgan fingerprint density at radius 2 is 2.03 bits per heavy atom. The number of esters is 1. The van der Waals surface area contributed by atoms with E-state index in [-0.39, 0.29) is 25.2 Å². The first kappa shape index (κ1) is 27.6. The molecule has 0 spiro atoms. The first-order chi connectivity index (χ1) is 17.9. The van der Waals surface area contributed by atoms with Gasteiger partial charge in [0.05, 0.1) is 18.8 Å². The molecule has 1 heterocycles. The summed E-state index contributed by atoms with van der Waals surface area (Å²) in [6.07, 6.45) is 3.79. The maximum absolute atomic E-state index is 17.4. The van der Waals surface area contributed by atoms with Crippen LogP contribution in [0.2, 0.25) is 0 Å². The van der Waals surface area contributed by atoms with Gasteiger partial charge in [0.25, 0.3) is 0 Å². The molecule has 10 atom stereocenters. The Kier molecular flexibility index (Phi) is 6.77. The molecule has 0 aromatic rings. The van der Waals surface area contributed by atoms with Gasteiger partial charge < -0.3 is 24.4 Å². The van der Waals surface area contributed by atoms with Gasteiger partial charge in [0.2, 0.25) is 0 Å². The molecule has 0 bridgehead atoms. The lowest BCUT2D eigenvalue weighted by Crippen LogP contribution is -2.69. The molecular weight excluding hydrogens is 495 g/mol. The van der Waals surface area contributed by atoms with E-state index in [2.05, 4.69) is 0 Å². The molecule has 1 saturated heterocycles. The number of allylic oxidation sites excluding steroid dienone is 4. The maximum Gasteiger partial charge on any atom is 0.313 e. The Bertz CT molecular complexity index is 1090. The second-order valence-electron chi connectivity index (χ2n) is 12.2. The molecule has 2 N–H and O–H groups in total. The number of carbonyl (C=O) groups excluding carboxylic acids is 3. The van der Waals surface area contributed by atoms with Crippen molar-refractivity contribution in [2.24, 2.45) is 28.6 Å². The number of alkyl halides is 1. The SMILES string of the molecule is CCCCOC(=O)C(C)C1OC2C[C@H]3[C@@H]4CCC5=CC(=O)C=C[C@]5(C)[C@@]4(F)[C@@H](O)C[C@]3(C)[C@]2(C(=O)CO)O1. The average molecular weight is 535 g/mol. The van der Waals surface area contributed by atoms with Crippen LogP contribution in [-0.2, 0) is 28.6 Å². The molecule has 3 saturated carbocycles. The Labute approximate surface area is 222 Å². The minimum Gasteiger partial charge on any atom is -0.465 e. The maximum atomic E-state index is 17.4. The number of hydrogen-bond acceptors (Lipinski definition) is 8. The number of ether oxygens (including phenoxy) is 3. The van der Waals surface area contributed by atoms with Gasteiger partial charge in [0, 0.05) is 16.7 Å². The first-order valence-corrected chi connectivity index (χ1v) is 13.9. The summed E-state index contributed by atoms with van der Waals surface area (Å²) >= 11 is 0. The minimum absolute atomic E-state index is 0.0943. The number of hydrogen-bond donors (Lipinski definition) is 2. The second kappa shape index (κ2) is 9.32. The van der Waals surface area contributed by atoms with Crippen molar-refractivity contribution in [2.75, 3.05) is 13.2 Å². The highest BCUT2D eigenvalue weighted by atomic mass is 19.1. The zero-order valence-corrected chi connectivity index (χ0v) is 22.6. The van der Waals surface area contributed by atoms with Crippen LogP contribution in [0.3, 0.4) is 0 Å².